The highest BCUT2D eigenvalue weighted by Gasteiger charge is 2.10. The van der Waals surface area contributed by atoms with Crippen molar-refractivity contribution >= 4 is 21.8 Å². The Labute approximate surface area is 123 Å². The smallest absolute Gasteiger partial charge is 0.255 e. The second-order valence-corrected chi connectivity index (χ2v) is 5.60. The number of carbonyl (C=O) groups is 1. The number of rotatable bonds is 8. The van der Waals surface area contributed by atoms with Gasteiger partial charge in [-0.1, -0.05) is 55.0 Å². The first-order chi connectivity index (χ1) is 9.15. The molecule has 0 aliphatic carbocycles. The van der Waals surface area contributed by atoms with Crippen LogP contribution in [0.4, 0.5) is 0 Å². The number of phenols is 1. The average molecular weight is 328 g/mol. The molecule has 0 saturated heterocycles. The molecule has 0 aliphatic heterocycles. The van der Waals surface area contributed by atoms with Crippen molar-refractivity contribution in [3.8, 4) is 5.75 Å². The fraction of sp³-hybridized carbons (Fsp3) is 0.533. The van der Waals surface area contributed by atoms with Gasteiger partial charge in [-0.15, -0.1) is 0 Å². The van der Waals surface area contributed by atoms with Crippen molar-refractivity contribution in [2.75, 3.05) is 6.54 Å². The summed E-state index contributed by atoms with van der Waals surface area (Å²) in [6.07, 6.45) is 7.18. The van der Waals surface area contributed by atoms with Gasteiger partial charge in [0.05, 0.1) is 5.56 Å². The van der Waals surface area contributed by atoms with E-state index in [9.17, 15) is 9.90 Å². The van der Waals surface area contributed by atoms with Crippen molar-refractivity contribution in [3.63, 3.8) is 0 Å². The molecule has 0 saturated carbocycles. The number of hydrogen-bond acceptors (Lipinski definition) is 2. The molecule has 0 bridgehead atoms. The number of aromatic hydroxyl groups is 1. The van der Waals surface area contributed by atoms with E-state index < -0.39 is 0 Å². The van der Waals surface area contributed by atoms with Crippen molar-refractivity contribution in [1.29, 1.82) is 0 Å². The summed E-state index contributed by atoms with van der Waals surface area (Å²) in [6, 6.07) is 4.90. The minimum absolute atomic E-state index is 0.00909. The summed E-state index contributed by atoms with van der Waals surface area (Å²) in [5.41, 5.74) is 0.328. The van der Waals surface area contributed by atoms with Crippen LogP contribution in [0.2, 0.25) is 0 Å². The fourth-order valence-electron chi connectivity index (χ4n) is 1.90. The van der Waals surface area contributed by atoms with Crippen LogP contribution in [0.25, 0.3) is 0 Å². The lowest BCUT2D eigenvalue weighted by Crippen LogP contribution is -2.24. The van der Waals surface area contributed by atoms with Crippen LogP contribution in [0.15, 0.2) is 22.7 Å². The Bertz CT molecular complexity index is 407. The molecule has 0 fully saturated rings. The molecule has 1 aromatic rings. The fourth-order valence-corrected chi connectivity index (χ4v) is 2.25. The van der Waals surface area contributed by atoms with E-state index in [1.54, 1.807) is 12.1 Å². The second kappa shape index (κ2) is 8.97. The van der Waals surface area contributed by atoms with Gasteiger partial charge < -0.3 is 10.4 Å². The molecule has 0 aliphatic rings. The van der Waals surface area contributed by atoms with E-state index in [2.05, 4.69) is 28.2 Å². The number of unbranched alkanes of at least 4 members (excludes halogenated alkanes) is 5. The van der Waals surface area contributed by atoms with Crippen LogP contribution in [0, 0.1) is 0 Å². The van der Waals surface area contributed by atoms with Crippen LogP contribution in [0.3, 0.4) is 0 Å². The van der Waals surface area contributed by atoms with Crippen molar-refractivity contribution in [1.82, 2.24) is 5.32 Å². The Morgan fingerprint density at radius 3 is 2.58 bits per heavy atom. The van der Waals surface area contributed by atoms with E-state index in [1.807, 2.05) is 0 Å². The molecule has 1 aromatic carbocycles. The van der Waals surface area contributed by atoms with E-state index >= 15 is 0 Å². The zero-order valence-electron chi connectivity index (χ0n) is 11.4. The maximum atomic E-state index is 11.8. The summed E-state index contributed by atoms with van der Waals surface area (Å²) < 4.78 is 0.762. The molecule has 1 amide bonds. The lowest BCUT2D eigenvalue weighted by atomic mass is 10.1. The molecule has 4 heteroatoms. The Kier molecular flexibility index (Phi) is 7.56. The highest BCUT2D eigenvalue weighted by Crippen LogP contribution is 2.22. The van der Waals surface area contributed by atoms with Crippen molar-refractivity contribution in [2.45, 2.75) is 45.4 Å². The molecule has 0 atom stereocenters. The monoisotopic (exact) mass is 327 g/mol. The molecule has 0 unspecified atom stereocenters. The summed E-state index contributed by atoms with van der Waals surface area (Å²) in [4.78, 5) is 11.8. The first-order valence-electron chi connectivity index (χ1n) is 6.92. The zero-order chi connectivity index (χ0) is 14.1. The number of amides is 1. The van der Waals surface area contributed by atoms with E-state index in [-0.39, 0.29) is 11.7 Å². The molecule has 3 nitrogen and oxygen atoms in total. The summed E-state index contributed by atoms with van der Waals surface area (Å²) in [7, 11) is 0. The van der Waals surface area contributed by atoms with Gasteiger partial charge in [-0.25, -0.2) is 0 Å². The summed E-state index contributed by atoms with van der Waals surface area (Å²) >= 11 is 3.25. The number of carbonyl (C=O) groups excluding carboxylic acids is 1. The number of nitrogens with one attached hydrogen (secondary N) is 1. The lowest BCUT2D eigenvalue weighted by Gasteiger charge is -2.07. The molecule has 106 valence electrons. The Hall–Kier alpha value is -1.03. The standard InChI is InChI=1S/C15H22BrNO2/c1-2-3-4-5-6-7-10-17-15(19)13-9-8-12(16)11-14(13)18/h8-9,11,18H,2-7,10H2,1H3,(H,17,19). The molecule has 19 heavy (non-hydrogen) atoms. The van der Waals surface area contributed by atoms with E-state index in [4.69, 9.17) is 0 Å². The lowest BCUT2D eigenvalue weighted by molar-refractivity contribution is 0.0950. The maximum absolute atomic E-state index is 11.8. The Morgan fingerprint density at radius 2 is 1.89 bits per heavy atom. The summed E-state index contributed by atoms with van der Waals surface area (Å²) in [5, 5.41) is 12.5. The van der Waals surface area contributed by atoms with Crippen LogP contribution >= 0.6 is 15.9 Å². The van der Waals surface area contributed by atoms with Gasteiger partial charge in [0, 0.05) is 11.0 Å². The van der Waals surface area contributed by atoms with E-state index in [1.165, 1.54) is 31.7 Å². The third-order valence-corrected chi connectivity index (χ3v) is 3.51. The van der Waals surface area contributed by atoms with Crippen LogP contribution in [0.1, 0.15) is 55.8 Å². The maximum Gasteiger partial charge on any atom is 0.255 e. The molecule has 0 aromatic heterocycles. The van der Waals surface area contributed by atoms with Crippen molar-refractivity contribution in [3.05, 3.63) is 28.2 Å². The quantitative estimate of drug-likeness (QED) is 0.701. The number of phenolic OH excluding ortho intramolecular Hbond substituents is 1. The molecule has 1 rings (SSSR count). The Morgan fingerprint density at radius 1 is 1.21 bits per heavy atom. The third kappa shape index (κ3) is 6.10. The Balaban J connectivity index is 2.24. The first kappa shape index (κ1) is 16.0. The van der Waals surface area contributed by atoms with Gasteiger partial charge in [0.25, 0.3) is 5.91 Å². The van der Waals surface area contributed by atoms with Crippen molar-refractivity contribution < 1.29 is 9.90 Å². The molecule has 0 heterocycles. The van der Waals surface area contributed by atoms with Crippen LogP contribution in [-0.2, 0) is 0 Å². The van der Waals surface area contributed by atoms with Gasteiger partial charge in [0.2, 0.25) is 0 Å². The third-order valence-electron chi connectivity index (χ3n) is 3.02. The normalized spacial score (nSPS) is 10.4. The molecule has 2 N–H and O–H groups in total. The van der Waals surface area contributed by atoms with E-state index in [0.29, 0.717) is 12.1 Å². The van der Waals surface area contributed by atoms with Crippen molar-refractivity contribution in [2.24, 2.45) is 0 Å². The van der Waals surface area contributed by atoms with Gasteiger partial charge in [-0.05, 0) is 24.6 Å². The largest absolute Gasteiger partial charge is 0.507 e. The highest BCUT2D eigenvalue weighted by atomic mass is 79.9. The van der Waals surface area contributed by atoms with E-state index in [0.717, 1.165) is 17.3 Å². The number of hydrogen-bond donors (Lipinski definition) is 2. The van der Waals surface area contributed by atoms with Gasteiger partial charge in [-0.2, -0.15) is 0 Å². The topological polar surface area (TPSA) is 49.3 Å². The molecule has 0 radical (unpaired) electrons. The van der Waals surface area contributed by atoms with Gasteiger partial charge in [0.15, 0.2) is 0 Å². The van der Waals surface area contributed by atoms with Gasteiger partial charge in [0.1, 0.15) is 5.75 Å². The molecular formula is C15H22BrNO2. The minimum Gasteiger partial charge on any atom is -0.507 e. The predicted molar refractivity (Wildman–Crippen MR) is 81.5 cm³/mol. The van der Waals surface area contributed by atoms with Crippen LogP contribution in [-0.4, -0.2) is 17.6 Å². The van der Waals surface area contributed by atoms with Crippen LogP contribution in [0.5, 0.6) is 5.75 Å². The summed E-state index contributed by atoms with van der Waals surface area (Å²) in [5.74, 6) is -0.201. The zero-order valence-corrected chi connectivity index (χ0v) is 13.0. The highest BCUT2D eigenvalue weighted by molar-refractivity contribution is 9.10. The minimum atomic E-state index is -0.210. The molecular weight excluding hydrogens is 306 g/mol. The van der Waals surface area contributed by atoms with Gasteiger partial charge in [-0.3, -0.25) is 4.79 Å². The SMILES string of the molecule is CCCCCCCCNC(=O)c1ccc(Br)cc1O. The molecule has 0 spiro atoms. The first-order valence-corrected chi connectivity index (χ1v) is 7.71. The van der Waals surface area contributed by atoms with Crippen LogP contribution < -0.4 is 5.32 Å². The summed E-state index contributed by atoms with van der Waals surface area (Å²) in [6.45, 7) is 2.87. The van der Waals surface area contributed by atoms with Gasteiger partial charge >= 0.3 is 0 Å². The number of benzene rings is 1. The number of halogens is 1. The average Bonchev–Trinajstić information content (AvgIpc) is 2.37. The second-order valence-electron chi connectivity index (χ2n) is 4.69. The predicted octanol–water partition coefficient (Wildman–Crippen LogP) is 4.25.